The van der Waals surface area contributed by atoms with E-state index >= 15 is 0 Å². The summed E-state index contributed by atoms with van der Waals surface area (Å²) in [4.78, 5) is 11.9. The number of carbonyl (C=O) groups is 1. The number of benzene rings is 1. The summed E-state index contributed by atoms with van der Waals surface area (Å²) in [5.74, 6) is 0.314. The molecule has 1 aromatic carbocycles. The minimum atomic E-state index is 0.144. The van der Waals surface area contributed by atoms with E-state index in [1.807, 2.05) is 0 Å². The van der Waals surface area contributed by atoms with E-state index < -0.39 is 0 Å². The molecule has 1 N–H and O–H groups in total. The summed E-state index contributed by atoms with van der Waals surface area (Å²) in [5.41, 5.74) is 0.630. The van der Waals surface area contributed by atoms with E-state index in [0.29, 0.717) is 12.0 Å². The first kappa shape index (κ1) is 17.7. The summed E-state index contributed by atoms with van der Waals surface area (Å²) in [7, 11) is 0. The van der Waals surface area contributed by atoms with Gasteiger partial charge >= 0.3 is 0 Å². The van der Waals surface area contributed by atoms with Crippen LogP contribution in [0, 0.1) is 0 Å². The smallest absolute Gasteiger partial charge is 0.163 e. The zero-order valence-electron chi connectivity index (χ0n) is 13.4. The standard InChI is InChI=1S/C19H30O2/c1-2-3-4-5-6-7-8-9-10-11-15-19(21)17-13-12-14-18(20)16-17/h12-14,16,20H,2-11,15H2,1H3. The van der Waals surface area contributed by atoms with Crippen LogP contribution in [-0.4, -0.2) is 10.9 Å². The van der Waals surface area contributed by atoms with Crippen molar-refractivity contribution in [1.29, 1.82) is 0 Å². The van der Waals surface area contributed by atoms with Crippen LogP contribution < -0.4 is 0 Å². The van der Waals surface area contributed by atoms with Crippen molar-refractivity contribution in [2.75, 3.05) is 0 Å². The molecule has 0 unspecified atom stereocenters. The second kappa shape index (κ2) is 11.4. The molecule has 0 aliphatic heterocycles. The van der Waals surface area contributed by atoms with Gasteiger partial charge in [-0.1, -0.05) is 76.8 Å². The zero-order valence-corrected chi connectivity index (χ0v) is 13.4. The van der Waals surface area contributed by atoms with Gasteiger partial charge in [-0.05, 0) is 18.6 Å². The molecule has 0 aliphatic rings. The number of hydrogen-bond donors (Lipinski definition) is 1. The number of ketones is 1. The van der Waals surface area contributed by atoms with Crippen molar-refractivity contribution in [2.45, 2.75) is 77.6 Å². The van der Waals surface area contributed by atoms with Crippen molar-refractivity contribution in [3.63, 3.8) is 0 Å². The normalized spacial score (nSPS) is 10.7. The number of rotatable bonds is 12. The second-order valence-corrected chi connectivity index (χ2v) is 5.91. The van der Waals surface area contributed by atoms with Crippen LogP contribution in [0.5, 0.6) is 5.75 Å². The maximum Gasteiger partial charge on any atom is 0.163 e. The number of unbranched alkanes of at least 4 members (excludes halogenated alkanes) is 9. The molecule has 1 aromatic rings. The molecule has 0 spiro atoms. The lowest BCUT2D eigenvalue weighted by Crippen LogP contribution is -1.98. The van der Waals surface area contributed by atoms with Gasteiger partial charge in [-0.15, -0.1) is 0 Å². The molecule has 0 bridgehead atoms. The fourth-order valence-electron chi connectivity index (χ4n) is 2.60. The monoisotopic (exact) mass is 290 g/mol. The molecule has 1 rings (SSSR count). The summed E-state index contributed by atoms with van der Waals surface area (Å²) < 4.78 is 0. The van der Waals surface area contributed by atoms with Crippen molar-refractivity contribution < 1.29 is 9.90 Å². The Morgan fingerprint density at radius 1 is 0.905 bits per heavy atom. The fourth-order valence-corrected chi connectivity index (χ4v) is 2.60. The van der Waals surface area contributed by atoms with E-state index in [1.165, 1.54) is 51.4 Å². The van der Waals surface area contributed by atoms with Crippen LogP contribution in [0.25, 0.3) is 0 Å². The van der Waals surface area contributed by atoms with Crippen molar-refractivity contribution in [3.05, 3.63) is 29.8 Å². The van der Waals surface area contributed by atoms with Gasteiger partial charge in [0.05, 0.1) is 0 Å². The van der Waals surface area contributed by atoms with E-state index in [2.05, 4.69) is 6.92 Å². The Balaban J connectivity index is 1.98. The highest BCUT2D eigenvalue weighted by Crippen LogP contribution is 2.15. The third kappa shape index (κ3) is 8.54. The summed E-state index contributed by atoms with van der Waals surface area (Å²) in [6.07, 6.45) is 13.4. The highest BCUT2D eigenvalue weighted by atomic mass is 16.3. The first-order valence-electron chi connectivity index (χ1n) is 8.56. The maximum atomic E-state index is 11.9. The molecule has 0 radical (unpaired) electrons. The maximum absolute atomic E-state index is 11.9. The third-order valence-corrected chi connectivity index (χ3v) is 3.93. The van der Waals surface area contributed by atoms with E-state index in [9.17, 15) is 9.90 Å². The second-order valence-electron chi connectivity index (χ2n) is 5.91. The predicted octanol–water partition coefficient (Wildman–Crippen LogP) is 5.89. The Kier molecular flexibility index (Phi) is 9.60. The minimum Gasteiger partial charge on any atom is -0.508 e. The molecule has 0 fully saturated rings. The Morgan fingerprint density at radius 3 is 2.05 bits per heavy atom. The molecule has 0 amide bonds. The van der Waals surface area contributed by atoms with Crippen LogP contribution in [-0.2, 0) is 0 Å². The van der Waals surface area contributed by atoms with Crippen molar-refractivity contribution >= 4 is 5.78 Å². The van der Waals surface area contributed by atoms with E-state index in [4.69, 9.17) is 0 Å². The summed E-state index contributed by atoms with van der Waals surface area (Å²) >= 11 is 0. The number of carbonyl (C=O) groups excluding carboxylic acids is 1. The Morgan fingerprint density at radius 2 is 1.48 bits per heavy atom. The largest absolute Gasteiger partial charge is 0.508 e. The molecule has 2 heteroatoms. The molecule has 0 aliphatic carbocycles. The average Bonchev–Trinajstić information content (AvgIpc) is 2.49. The van der Waals surface area contributed by atoms with E-state index in [0.717, 1.165) is 12.8 Å². The van der Waals surface area contributed by atoms with Gasteiger partial charge in [-0.2, -0.15) is 0 Å². The number of phenolic OH excluding ortho intramolecular Hbond substituents is 1. The zero-order chi connectivity index (χ0) is 15.3. The van der Waals surface area contributed by atoms with Gasteiger partial charge < -0.3 is 5.11 Å². The van der Waals surface area contributed by atoms with Gasteiger partial charge in [0.1, 0.15) is 5.75 Å². The number of phenols is 1. The first-order valence-corrected chi connectivity index (χ1v) is 8.56. The van der Waals surface area contributed by atoms with Gasteiger partial charge in [0.25, 0.3) is 0 Å². The number of aromatic hydroxyl groups is 1. The molecule has 0 heterocycles. The third-order valence-electron chi connectivity index (χ3n) is 3.93. The van der Waals surface area contributed by atoms with Gasteiger partial charge in [-0.3, -0.25) is 4.79 Å². The number of hydrogen-bond acceptors (Lipinski definition) is 2. The van der Waals surface area contributed by atoms with Crippen LogP contribution >= 0.6 is 0 Å². The van der Waals surface area contributed by atoms with Crippen molar-refractivity contribution in [3.8, 4) is 5.75 Å². The van der Waals surface area contributed by atoms with Crippen LogP contribution in [0.4, 0.5) is 0 Å². The first-order chi connectivity index (χ1) is 10.2. The Labute approximate surface area is 129 Å². The molecular formula is C19H30O2. The topological polar surface area (TPSA) is 37.3 Å². The lowest BCUT2D eigenvalue weighted by atomic mass is 10.0. The van der Waals surface area contributed by atoms with E-state index in [1.54, 1.807) is 24.3 Å². The highest BCUT2D eigenvalue weighted by Gasteiger charge is 2.05. The lowest BCUT2D eigenvalue weighted by molar-refractivity contribution is 0.0978. The molecule has 0 saturated carbocycles. The minimum absolute atomic E-state index is 0.144. The molecule has 118 valence electrons. The molecule has 2 nitrogen and oxygen atoms in total. The van der Waals surface area contributed by atoms with Gasteiger partial charge in [0.2, 0.25) is 0 Å². The quantitative estimate of drug-likeness (QED) is 0.385. The molecule has 0 saturated heterocycles. The summed E-state index contributed by atoms with van der Waals surface area (Å²) in [6.45, 7) is 2.25. The Hall–Kier alpha value is -1.31. The van der Waals surface area contributed by atoms with Crippen LogP contribution in [0.15, 0.2) is 24.3 Å². The molecule has 0 aromatic heterocycles. The summed E-state index contributed by atoms with van der Waals surface area (Å²) in [5, 5.41) is 9.36. The fraction of sp³-hybridized carbons (Fsp3) is 0.632. The predicted molar refractivity (Wildman–Crippen MR) is 88.9 cm³/mol. The van der Waals surface area contributed by atoms with Crippen molar-refractivity contribution in [2.24, 2.45) is 0 Å². The molecular weight excluding hydrogens is 260 g/mol. The van der Waals surface area contributed by atoms with Crippen molar-refractivity contribution in [1.82, 2.24) is 0 Å². The van der Waals surface area contributed by atoms with Gasteiger partial charge in [0, 0.05) is 12.0 Å². The summed E-state index contributed by atoms with van der Waals surface area (Å²) in [6, 6.07) is 6.65. The SMILES string of the molecule is CCCCCCCCCCCCC(=O)c1cccc(O)c1. The average molecular weight is 290 g/mol. The van der Waals surface area contributed by atoms with Gasteiger partial charge in [-0.25, -0.2) is 0 Å². The number of Topliss-reactive ketones (excluding diaryl/α,β-unsaturated/α-hetero) is 1. The lowest BCUT2D eigenvalue weighted by Gasteiger charge is -2.03. The molecule has 0 atom stereocenters. The Bertz CT molecular complexity index is 398. The van der Waals surface area contributed by atoms with Gasteiger partial charge in [0.15, 0.2) is 5.78 Å². The van der Waals surface area contributed by atoms with Crippen LogP contribution in [0.3, 0.4) is 0 Å². The highest BCUT2D eigenvalue weighted by molar-refractivity contribution is 5.96. The molecule has 21 heavy (non-hydrogen) atoms. The van der Waals surface area contributed by atoms with E-state index in [-0.39, 0.29) is 11.5 Å². The van der Waals surface area contributed by atoms with Crippen LogP contribution in [0.2, 0.25) is 0 Å². The van der Waals surface area contributed by atoms with Crippen LogP contribution in [0.1, 0.15) is 87.9 Å².